The van der Waals surface area contributed by atoms with Crippen molar-refractivity contribution >= 4 is 52.1 Å². The summed E-state index contributed by atoms with van der Waals surface area (Å²) >= 11 is 1.13. The molecular weight excluding hydrogens is 638 g/mol. The van der Waals surface area contributed by atoms with Gasteiger partial charge in [-0.25, -0.2) is 14.6 Å². The van der Waals surface area contributed by atoms with Crippen LogP contribution in [0.25, 0.3) is 0 Å². The summed E-state index contributed by atoms with van der Waals surface area (Å²) in [7, 11) is 3.46. The molecule has 3 rings (SSSR count). The highest BCUT2D eigenvalue weighted by atomic mass is 32.1. The molecule has 1 aromatic heterocycles. The molecule has 5 N–H and O–H groups in total. The molecule has 1 atom stereocenters. The van der Waals surface area contributed by atoms with E-state index in [1.54, 1.807) is 77.6 Å². The molecule has 5 amide bonds. The van der Waals surface area contributed by atoms with Crippen molar-refractivity contribution in [3.8, 4) is 0 Å². The van der Waals surface area contributed by atoms with Crippen LogP contribution >= 0.6 is 11.3 Å². The van der Waals surface area contributed by atoms with Gasteiger partial charge in [-0.15, -0.1) is 0 Å². The number of likely N-dealkylation sites (tertiary alicyclic amines) is 1. The average Bonchev–Trinajstić information content (AvgIpc) is 3.35. The number of benzene rings is 1. The van der Waals surface area contributed by atoms with Gasteiger partial charge in [0.15, 0.2) is 5.13 Å². The first-order valence-electron chi connectivity index (χ1n) is 15.9. The van der Waals surface area contributed by atoms with Gasteiger partial charge in [-0.2, -0.15) is 0 Å². The van der Waals surface area contributed by atoms with Crippen molar-refractivity contribution in [2.75, 3.05) is 37.8 Å². The predicted octanol–water partition coefficient (Wildman–Crippen LogP) is 4.99. The van der Waals surface area contributed by atoms with Gasteiger partial charge in [0, 0.05) is 56.7 Å². The molecule has 1 aliphatic rings. The third-order valence-electron chi connectivity index (χ3n) is 8.25. The Balaban J connectivity index is 1.84. The summed E-state index contributed by atoms with van der Waals surface area (Å²) in [6.45, 7) is 12.6. The van der Waals surface area contributed by atoms with E-state index in [1.165, 1.54) is 6.92 Å². The van der Waals surface area contributed by atoms with E-state index in [4.69, 9.17) is 0 Å². The van der Waals surface area contributed by atoms with Crippen LogP contribution < -0.4 is 16.0 Å². The van der Waals surface area contributed by atoms with E-state index in [0.717, 1.165) is 21.8 Å². The topological polar surface area (TPSA) is 185 Å². The molecule has 0 radical (unpaired) electrons. The second-order valence-electron chi connectivity index (χ2n) is 14.3. The normalized spacial score (nSPS) is 15.2. The molecule has 1 fully saturated rings. The Labute approximate surface area is 285 Å². The number of piperidine rings is 1. The summed E-state index contributed by atoms with van der Waals surface area (Å²) in [4.78, 5) is 71.8. The third kappa shape index (κ3) is 8.94. The summed E-state index contributed by atoms with van der Waals surface area (Å²) in [6.07, 6.45) is -0.618. The molecule has 1 unspecified atom stereocenters. The number of anilines is 2. The van der Waals surface area contributed by atoms with Crippen molar-refractivity contribution in [3.63, 3.8) is 0 Å². The molecule has 1 aliphatic heterocycles. The summed E-state index contributed by atoms with van der Waals surface area (Å²) in [5, 5.41) is 28.7. The number of thiazole rings is 1. The average molecular weight is 688 g/mol. The van der Waals surface area contributed by atoms with E-state index in [0.29, 0.717) is 60.2 Å². The summed E-state index contributed by atoms with van der Waals surface area (Å²) < 4.78 is 0. The lowest BCUT2D eigenvalue weighted by Gasteiger charge is -2.55. The maximum Gasteiger partial charge on any atom is 0.411 e. The van der Waals surface area contributed by atoms with Crippen LogP contribution in [0.2, 0.25) is 0 Å². The molecule has 48 heavy (non-hydrogen) atoms. The zero-order valence-electron chi connectivity index (χ0n) is 29.3. The first kappa shape index (κ1) is 38.1. The number of hydrogen-bond donors (Lipinski definition) is 5. The number of nitrogens with zero attached hydrogens (tertiary/aromatic N) is 4. The molecule has 0 spiro atoms. The fraction of sp³-hybridized carbons (Fsp3) is 0.576. The highest BCUT2D eigenvalue weighted by molar-refractivity contribution is 7.17. The SMILES string of the molecule is CC(=O)Nc1nc(CCc2ccc(NC(NC(=O)O)(N(C(=O)O)C(C)(C)C)C(C)(C)C)cc2)c(C(=O)N2CCC(C(=O)N(C)C)CC2)s1. The second kappa shape index (κ2) is 14.8. The van der Waals surface area contributed by atoms with Crippen LogP contribution in [0.3, 0.4) is 0 Å². The Morgan fingerprint density at radius 1 is 0.958 bits per heavy atom. The number of amides is 5. The molecule has 14 nitrogen and oxygen atoms in total. The molecule has 2 aromatic rings. The number of carbonyl (C=O) groups is 5. The number of rotatable bonds is 10. The summed E-state index contributed by atoms with van der Waals surface area (Å²) in [5.41, 5.74) is 0.0296. The quantitative estimate of drug-likeness (QED) is 0.215. The van der Waals surface area contributed by atoms with E-state index in [1.807, 2.05) is 12.1 Å². The van der Waals surface area contributed by atoms with Crippen molar-refractivity contribution in [1.29, 1.82) is 0 Å². The van der Waals surface area contributed by atoms with Gasteiger partial charge in [0.2, 0.25) is 17.6 Å². The van der Waals surface area contributed by atoms with Crippen LogP contribution in [0.4, 0.5) is 20.4 Å². The van der Waals surface area contributed by atoms with E-state index < -0.39 is 28.9 Å². The molecule has 2 heterocycles. The van der Waals surface area contributed by atoms with Gasteiger partial charge in [0.25, 0.3) is 5.91 Å². The maximum atomic E-state index is 13.6. The lowest BCUT2D eigenvalue weighted by Crippen LogP contribution is -2.76. The van der Waals surface area contributed by atoms with Crippen LogP contribution in [0, 0.1) is 11.3 Å². The summed E-state index contributed by atoms with van der Waals surface area (Å²) in [5.74, 6) is -2.27. The minimum atomic E-state index is -1.74. The maximum absolute atomic E-state index is 13.6. The molecule has 1 saturated heterocycles. The Morgan fingerprint density at radius 2 is 1.54 bits per heavy atom. The van der Waals surface area contributed by atoms with Gasteiger partial charge in [-0.1, -0.05) is 44.2 Å². The first-order chi connectivity index (χ1) is 22.2. The Morgan fingerprint density at radius 3 is 2.00 bits per heavy atom. The third-order valence-corrected chi connectivity index (χ3v) is 9.25. The van der Waals surface area contributed by atoms with Crippen molar-refractivity contribution in [2.24, 2.45) is 11.3 Å². The van der Waals surface area contributed by atoms with Crippen molar-refractivity contribution < 1.29 is 34.2 Å². The minimum absolute atomic E-state index is 0.0606. The monoisotopic (exact) mass is 687 g/mol. The van der Waals surface area contributed by atoms with Crippen molar-refractivity contribution in [2.45, 2.75) is 85.5 Å². The standard InChI is InChI=1S/C33H49N7O7S/c1-20(41)34-28-35-24(25(48-28)27(43)39-18-16-22(17-19-39)26(42)38(8)9)15-12-21-10-13-23(14-11-21)36-33(31(2,3)4,37-29(44)45)40(30(46)47)32(5,6)7/h10-11,13-14,22,36-37H,12,15-19H2,1-9H3,(H,44,45)(H,46,47)(H,34,35,41). The molecule has 264 valence electrons. The van der Waals surface area contributed by atoms with Gasteiger partial charge in [-0.05, 0) is 64.2 Å². The zero-order chi connectivity index (χ0) is 36.2. The highest BCUT2D eigenvalue weighted by Gasteiger charge is 2.54. The van der Waals surface area contributed by atoms with E-state index in [-0.39, 0.29) is 23.6 Å². The Kier molecular flexibility index (Phi) is 11.7. The Bertz CT molecular complexity index is 1500. The summed E-state index contributed by atoms with van der Waals surface area (Å²) in [6, 6.07) is 7.18. The Hall–Kier alpha value is -4.40. The van der Waals surface area contributed by atoms with Gasteiger partial charge in [0.1, 0.15) is 4.88 Å². The van der Waals surface area contributed by atoms with Gasteiger partial charge < -0.3 is 30.6 Å². The van der Waals surface area contributed by atoms with Crippen molar-refractivity contribution in [3.05, 3.63) is 40.4 Å². The molecule has 0 saturated carbocycles. The number of nitrogens with one attached hydrogen (secondary N) is 3. The molecule has 1 aromatic carbocycles. The predicted molar refractivity (Wildman–Crippen MR) is 184 cm³/mol. The van der Waals surface area contributed by atoms with Crippen molar-refractivity contribution in [1.82, 2.24) is 25.0 Å². The number of aromatic nitrogens is 1. The number of carboxylic acid groups (broad SMARTS) is 2. The van der Waals surface area contributed by atoms with E-state index >= 15 is 0 Å². The van der Waals surface area contributed by atoms with E-state index in [9.17, 15) is 34.2 Å². The smallest absolute Gasteiger partial charge is 0.411 e. The number of aryl methyl sites for hydroxylation is 2. The zero-order valence-corrected chi connectivity index (χ0v) is 30.1. The van der Waals surface area contributed by atoms with Crippen LogP contribution in [0.5, 0.6) is 0 Å². The lowest BCUT2D eigenvalue weighted by molar-refractivity contribution is -0.134. The number of hydrogen-bond acceptors (Lipinski definition) is 8. The van der Waals surface area contributed by atoms with Gasteiger partial charge in [-0.3, -0.25) is 24.6 Å². The van der Waals surface area contributed by atoms with Crippen LogP contribution in [0.15, 0.2) is 24.3 Å². The van der Waals surface area contributed by atoms with Gasteiger partial charge >= 0.3 is 12.2 Å². The second-order valence-corrected chi connectivity index (χ2v) is 15.3. The lowest BCUT2D eigenvalue weighted by atomic mass is 9.82. The first-order valence-corrected chi connectivity index (χ1v) is 16.7. The highest BCUT2D eigenvalue weighted by Crippen LogP contribution is 2.39. The molecule has 0 bridgehead atoms. The van der Waals surface area contributed by atoms with Gasteiger partial charge in [0.05, 0.1) is 5.69 Å². The van der Waals surface area contributed by atoms with Crippen LogP contribution in [0.1, 0.15) is 82.2 Å². The van der Waals surface area contributed by atoms with Crippen LogP contribution in [-0.4, -0.2) is 98.3 Å². The minimum Gasteiger partial charge on any atom is -0.465 e. The van der Waals surface area contributed by atoms with Crippen LogP contribution in [-0.2, 0) is 22.4 Å². The molecule has 0 aliphatic carbocycles. The molecular formula is C33H49N7O7S. The number of carbonyl (C=O) groups excluding carboxylic acids is 3. The fourth-order valence-corrected chi connectivity index (χ4v) is 6.92. The molecule has 15 heteroatoms. The van der Waals surface area contributed by atoms with E-state index in [2.05, 4.69) is 20.9 Å². The largest absolute Gasteiger partial charge is 0.465 e. The fourth-order valence-electron chi connectivity index (χ4n) is 5.90.